The molecule has 1 aromatic carbocycles. The molecule has 0 bridgehead atoms. The van der Waals surface area contributed by atoms with Gasteiger partial charge >= 0.3 is 6.03 Å². The monoisotopic (exact) mass is 299 g/mol. The summed E-state index contributed by atoms with van der Waals surface area (Å²) >= 11 is 5.67. The number of carbonyl (C=O) groups excluding carboxylic acids is 1. The van der Waals surface area contributed by atoms with E-state index in [4.69, 9.17) is 11.6 Å². The van der Waals surface area contributed by atoms with Crippen LogP contribution in [0.3, 0.4) is 0 Å². The van der Waals surface area contributed by atoms with Crippen molar-refractivity contribution in [3.63, 3.8) is 0 Å². The van der Waals surface area contributed by atoms with E-state index >= 15 is 0 Å². The lowest BCUT2D eigenvalue weighted by Crippen LogP contribution is -2.45. The summed E-state index contributed by atoms with van der Waals surface area (Å²) < 4.78 is 13.0. The molecule has 1 heterocycles. The molecular formula is C14H19ClFN3O. The van der Waals surface area contributed by atoms with E-state index in [-0.39, 0.29) is 17.1 Å². The molecule has 110 valence electrons. The first-order valence-electron chi connectivity index (χ1n) is 6.83. The number of likely N-dealkylation sites (tertiary alicyclic amines) is 1. The Balaban J connectivity index is 1.82. The Morgan fingerprint density at radius 1 is 1.45 bits per heavy atom. The minimum absolute atomic E-state index is 0.000876. The predicted octanol–water partition coefficient (Wildman–Crippen LogP) is 3.08. The summed E-state index contributed by atoms with van der Waals surface area (Å²) in [6.07, 6.45) is 1.90. The van der Waals surface area contributed by atoms with Crippen molar-refractivity contribution in [3.05, 3.63) is 29.0 Å². The van der Waals surface area contributed by atoms with E-state index in [1.807, 2.05) is 0 Å². The van der Waals surface area contributed by atoms with Crippen molar-refractivity contribution in [2.24, 2.45) is 0 Å². The Kier molecular flexibility index (Phi) is 5.20. The van der Waals surface area contributed by atoms with Crippen LogP contribution in [0.2, 0.25) is 5.02 Å². The highest BCUT2D eigenvalue weighted by Crippen LogP contribution is 2.19. The molecule has 2 amide bonds. The molecule has 6 heteroatoms. The van der Waals surface area contributed by atoms with Crippen LogP contribution >= 0.6 is 11.6 Å². The Morgan fingerprint density at radius 3 is 2.75 bits per heavy atom. The van der Waals surface area contributed by atoms with Crippen LogP contribution in [-0.2, 0) is 0 Å². The summed E-state index contributed by atoms with van der Waals surface area (Å²) in [6.45, 7) is 5.19. The van der Waals surface area contributed by atoms with Crippen LogP contribution in [0, 0.1) is 5.82 Å². The van der Waals surface area contributed by atoms with E-state index in [1.165, 1.54) is 18.2 Å². The maximum absolute atomic E-state index is 13.0. The fourth-order valence-corrected chi connectivity index (χ4v) is 2.50. The maximum Gasteiger partial charge on any atom is 0.319 e. The van der Waals surface area contributed by atoms with Crippen molar-refractivity contribution in [3.8, 4) is 0 Å². The number of amides is 2. The molecule has 0 radical (unpaired) electrons. The lowest BCUT2D eigenvalue weighted by atomic mass is 10.1. The first kappa shape index (κ1) is 15.1. The average molecular weight is 300 g/mol. The fraction of sp³-hybridized carbons (Fsp3) is 0.500. The molecule has 2 N–H and O–H groups in total. The smallest absolute Gasteiger partial charge is 0.319 e. The average Bonchev–Trinajstić information content (AvgIpc) is 2.44. The molecule has 1 fully saturated rings. The van der Waals surface area contributed by atoms with Gasteiger partial charge in [-0.2, -0.15) is 0 Å². The highest BCUT2D eigenvalue weighted by Gasteiger charge is 2.19. The lowest BCUT2D eigenvalue weighted by Gasteiger charge is -2.31. The number of anilines is 1. The number of urea groups is 1. The third-order valence-corrected chi connectivity index (χ3v) is 3.84. The zero-order chi connectivity index (χ0) is 14.5. The van der Waals surface area contributed by atoms with E-state index in [2.05, 4.69) is 22.5 Å². The van der Waals surface area contributed by atoms with Crippen LogP contribution in [0.25, 0.3) is 0 Å². The van der Waals surface area contributed by atoms with Gasteiger partial charge in [0.25, 0.3) is 0 Å². The molecule has 1 aliphatic heterocycles. The van der Waals surface area contributed by atoms with Crippen LogP contribution in [0.5, 0.6) is 0 Å². The van der Waals surface area contributed by atoms with Gasteiger partial charge in [-0.1, -0.05) is 18.5 Å². The van der Waals surface area contributed by atoms with Crippen LogP contribution in [0.15, 0.2) is 18.2 Å². The number of nitrogens with one attached hydrogen (secondary N) is 2. The van der Waals surface area contributed by atoms with Gasteiger partial charge < -0.3 is 15.5 Å². The summed E-state index contributed by atoms with van der Waals surface area (Å²) in [5.74, 6) is -0.496. The predicted molar refractivity (Wildman–Crippen MR) is 78.7 cm³/mol. The van der Waals surface area contributed by atoms with Crippen LogP contribution in [0.1, 0.15) is 19.8 Å². The molecule has 0 atom stereocenters. The summed E-state index contributed by atoms with van der Waals surface area (Å²) in [7, 11) is 0. The minimum Gasteiger partial charge on any atom is -0.335 e. The molecule has 1 saturated heterocycles. The molecule has 1 aromatic rings. The first-order valence-corrected chi connectivity index (χ1v) is 7.21. The highest BCUT2D eigenvalue weighted by molar-refractivity contribution is 6.31. The number of hydrogen-bond donors (Lipinski definition) is 2. The van der Waals surface area contributed by atoms with Gasteiger partial charge in [-0.15, -0.1) is 0 Å². The third-order valence-electron chi connectivity index (χ3n) is 3.55. The quantitative estimate of drug-likeness (QED) is 0.901. The minimum atomic E-state index is -0.496. The van der Waals surface area contributed by atoms with E-state index in [1.54, 1.807) is 0 Å². The number of carbonyl (C=O) groups is 1. The number of benzene rings is 1. The zero-order valence-electron chi connectivity index (χ0n) is 11.5. The van der Waals surface area contributed by atoms with Gasteiger partial charge in [0.15, 0.2) is 0 Å². The largest absolute Gasteiger partial charge is 0.335 e. The van der Waals surface area contributed by atoms with E-state index in [0.29, 0.717) is 5.69 Å². The van der Waals surface area contributed by atoms with Crippen molar-refractivity contribution >= 4 is 23.3 Å². The second-order valence-corrected chi connectivity index (χ2v) is 5.34. The molecule has 2 rings (SSSR count). The Morgan fingerprint density at radius 2 is 2.15 bits per heavy atom. The van der Waals surface area contributed by atoms with Crippen molar-refractivity contribution < 1.29 is 9.18 Å². The van der Waals surface area contributed by atoms with Gasteiger partial charge in [-0.3, -0.25) is 0 Å². The summed E-state index contributed by atoms with van der Waals surface area (Å²) in [6, 6.07) is 4.03. The summed E-state index contributed by atoms with van der Waals surface area (Å²) in [4.78, 5) is 14.2. The second-order valence-electron chi connectivity index (χ2n) is 4.94. The van der Waals surface area contributed by atoms with Gasteiger partial charge in [0.05, 0.1) is 5.02 Å². The van der Waals surface area contributed by atoms with Crippen molar-refractivity contribution in [2.75, 3.05) is 25.0 Å². The van der Waals surface area contributed by atoms with Crippen LogP contribution in [-0.4, -0.2) is 36.6 Å². The molecule has 1 aliphatic rings. The molecule has 0 aromatic heterocycles. The molecule has 0 saturated carbocycles. The molecular weight excluding hydrogens is 281 g/mol. The Labute approximate surface area is 123 Å². The zero-order valence-corrected chi connectivity index (χ0v) is 12.2. The number of piperidine rings is 1. The molecule has 0 unspecified atom stereocenters. The highest BCUT2D eigenvalue weighted by atomic mass is 35.5. The second kappa shape index (κ2) is 6.90. The molecule has 4 nitrogen and oxygen atoms in total. The topological polar surface area (TPSA) is 44.4 Å². The maximum atomic E-state index is 13.0. The van der Waals surface area contributed by atoms with Gasteiger partial charge in [-0.05, 0) is 37.6 Å². The van der Waals surface area contributed by atoms with Crippen LogP contribution < -0.4 is 10.6 Å². The van der Waals surface area contributed by atoms with Gasteiger partial charge in [0.1, 0.15) is 5.82 Å². The lowest BCUT2D eigenvalue weighted by molar-refractivity contribution is 0.203. The van der Waals surface area contributed by atoms with Crippen molar-refractivity contribution in [1.82, 2.24) is 10.2 Å². The fourth-order valence-electron chi connectivity index (χ4n) is 2.32. The van der Waals surface area contributed by atoms with Crippen molar-refractivity contribution in [1.29, 1.82) is 0 Å². The van der Waals surface area contributed by atoms with Gasteiger partial charge in [0.2, 0.25) is 0 Å². The normalized spacial score (nSPS) is 16.9. The van der Waals surface area contributed by atoms with E-state index in [0.717, 1.165) is 32.5 Å². The first-order chi connectivity index (χ1) is 9.58. The molecule has 20 heavy (non-hydrogen) atoms. The number of halogens is 2. The van der Waals surface area contributed by atoms with Gasteiger partial charge in [-0.25, -0.2) is 9.18 Å². The van der Waals surface area contributed by atoms with Gasteiger partial charge in [0, 0.05) is 24.8 Å². The van der Waals surface area contributed by atoms with Crippen molar-refractivity contribution in [2.45, 2.75) is 25.8 Å². The number of hydrogen-bond acceptors (Lipinski definition) is 2. The van der Waals surface area contributed by atoms with Crippen LogP contribution in [0.4, 0.5) is 14.9 Å². The molecule has 0 spiro atoms. The summed E-state index contributed by atoms with van der Waals surface area (Å²) in [5, 5.41) is 5.60. The Bertz CT molecular complexity index is 475. The third kappa shape index (κ3) is 4.08. The standard InChI is InChI=1S/C14H19ClFN3O/c1-2-19-7-5-10(6-8-19)17-14(20)18-11-3-4-13(16)12(15)9-11/h3-4,9-10H,2,5-8H2,1H3,(H2,17,18,20). The number of rotatable bonds is 3. The SMILES string of the molecule is CCN1CCC(NC(=O)Nc2ccc(F)c(Cl)c2)CC1. The number of nitrogens with zero attached hydrogens (tertiary/aromatic N) is 1. The van der Waals surface area contributed by atoms with E-state index in [9.17, 15) is 9.18 Å². The van der Waals surface area contributed by atoms with E-state index < -0.39 is 5.82 Å². The molecule has 0 aliphatic carbocycles. The Hall–Kier alpha value is -1.33. The summed E-state index contributed by atoms with van der Waals surface area (Å²) in [5.41, 5.74) is 0.486.